The zero-order valence-electron chi connectivity index (χ0n) is 18.4. The number of pyridine rings is 1. The second kappa shape index (κ2) is 9.89. The van der Waals surface area contributed by atoms with E-state index in [1.165, 1.54) is 0 Å². The molecule has 3 atom stereocenters. The monoisotopic (exact) mass is 426 g/mol. The average Bonchev–Trinajstić information content (AvgIpc) is 2.76. The fourth-order valence-electron chi connectivity index (χ4n) is 3.58. The highest BCUT2D eigenvalue weighted by atomic mass is 16.5. The molecule has 0 aliphatic carbocycles. The van der Waals surface area contributed by atoms with Crippen LogP contribution >= 0.6 is 0 Å². The van der Waals surface area contributed by atoms with E-state index in [2.05, 4.69) is 10.3 Å². The number of rotatable bonds is 6. The molecule has 31 heavy (non-hydrogen) atoms. The number of aromatic nitrogens is 1. The predicted octanol–water partition coefficient (Wildman–Crippen LogP) is 2.12. The van der Waals surface area contributed by atoms with Gasteiger partial charge >= 0.3 is 0 Å². The lowest BCUT2D eigenvalue weighted by molar-refractivity contribution is 0.0363. The maximum atomic E-state index is 13.4. The summed E-state index contributed by atoms with van der Waals surface area (Å²) < 4.78 is 6.26. The van der Waals surface area contributed by atoms with Crippen LogP contribution in [0.1, 0.15) is 34.6 Å². The van der Waals surface area contributed by atoms with Crippen LogP contribution in [0.3, 0.4) is 0 Å². The molecule has 1 aromatic heterocycles. The van der Waals surface area contributed by atoms with E-state index in [9.17, 15) is 14.7 Å². The molecular weight excluding hydrogens is 396 g/mol. The molecule has 166 valence electrons. The van der Waals surface area contributed by atoms with Crippen molar-refractivity contribution >= 4 is 17.5 Å². The van der Waals surface area contributed by atoms with Crippen LogP contribution in [0.15, 0.2) is 42.7 Å². The molecule has 2 heterocycles. The standard InChI is InChI=1S/C23H30N4O4/c1-15-12-27(16(2)14-28)23(30)19-11-18(25-22(29)17-7-9-24-10-8-17)5-6-20(19)31-21(15)13-26(3)4/h5-11,15-16,21,28H,12-14H2,1-4H3,(H,25,29)/t15-,16+,21+/m0/s1. The lowest BCUT2D eigenvalue weighted by Crippen LogP contribution is -2.49. The molecule has 3 rings (SSSR count). The lowest BCUT2D eigenvalue weighted by Gasteiger charge is -2.37. The van der Waals surface area contributed by atoms with Crippen molar-refractivity contribution < 1.29 is 19.4 Å². The van der Waals surface area contributed by atoms with Crippen molar-refractivity contribution in [1.29, 1.82) is 0 Å². The van der Waals surface area contributed by atoms with Gasteiger partial charge < -0.3 is 25.0 Å². The number of nitrogens with zero attached hydrogens (tertiary/aromatic N) is 3. The summed E-state index contributed by atoms with van der Waals surface area (Å²) in [5.41, 5.74) is 1.33. The van der Waals surface area contributed by atoms with Gasteiger partial charge in [0.25, 0.3) is 11.8 Å². The average molecular weight is 427 g/mol. The minimum atomic E-state index is -0.337. The first-order valence-electron chi connectivity index (χ1n) is 10.4. The first-order chi connectivity index (χ1) is 14.8. The van der Waals surface area contributed by atoms with Crippen molar-refractivity contribution in [3.05, 3.63) is 53.9 Å². The largest absolute Gasteiger partial charge is 0.488 e. The molecule has 1 aromatic carbocycles. The molecule has 0 fully saturated rings. The number of benzene rings is 1. The van der Waals surface area contributed by atoms with Crippen molar-refractivity contribution in [2.75, 3.05) is 39.1 Å². The number of hydrogen-bond donors (Lipinski definition) is 2. The van der Waals surface area contributed by atoms with E-state index >= 15 is 0 Å². The number of nitrogens with one attached hydrogen (secondary N) is 1. The molecule has 1 aliphatic heterocycles. The first kappa shape index (κ1) is 22.7. The number of hydrogen-bond acceptors (Lipinski definition) is 6. The number of aliphatic hydroxyl groups excluding tert-OH is 1. The van der Waals surface area contributed by atoms with Crippen molar-refractivity contribution in [1.82, 2.24) is 14.8 Å². The highest BCUT2D eigenvalue weighted by Gasteiger charge is 2.33. The first-order valence-corrected chi connectivity index (χ1v) is 10.4. The van der Waals surface area contributed by atoms with Crippen LogP contribution in [0.4, 0.5) is 5.69 Å². The second-order valence-corrected chi connectivity index (χ2v) is 8.29. The fourth-order valence-corrected chi connectivity index (χ4v) is 3.58. The Labute approximate surface area is 182 Å². The van der Waals surface area contributed by atoms with Gasteiger partial charge in [0.1, 0.15) is 11.9 Å². The minimum Gasteiger partial charge on any atom is -0.488 e. The van der Waals surface area contributed by atoms with Gasteiger partial charge in [-0.15, -0.1) is 0 Å². The number of anilines is 1. The van der Waals surface area contributed by atoms with Gasteiger partial charge in [0.15, 0.2) is 0 Å². The van der Waals surface area contributed by atoms with E-state index in [1.807, 2.05) is 32.8 Å². The Balaban J connectivity index is 1.95. The van der Waals surface area contributed by atoms with Crippen molar-refractivity contribution in [3.8, 4) is 5.75 Å². The molecule has 2 aromatic rings. The van der Waals surface area contributed by atoms with E-state index in [4.69, 9.17) is 4.74 Å². The molecule has 0 bridgehead atoms. The molecule has 0 radical (unpaired) electrons. The Kier molecular flexibility index (Phi) is 7.25. The summed E-state index contributed by atoms with van der Waals surface area (Å²) in [6.07, 6.45) is 2.97. The van der Waals surface area contributed by atoms with E-state index in [0.29, 0.717) is 35.7 Å². The van der Waals surface area contributed by atoms with E-state index in [-0.39, 0.29) is 36.5 Å². The third-order valence-electron chi connectivity index (χ3n) is 5.41. The highest BCUT2D eigenvalue weighted by molar-refractivity contribution is 6.05. The highest BCUT2D eigenvalue weighted by Crippen LogP contribution is 2.30. The van der Waals surface area contributed by atoms with Crippen molar-refractivity contribution in [2.24, 2.45) is 5.92 Å². The van der Waals surface area contributed by atoms with E-state index < -0.39 is 0 Å². The van der Waals surface area contributed by atoms with Crippen LogP contribution in [-0.2, 0) is 0 Å². The van der Waals surface area contributed by atoms with E-state index in [0.717, 1.165) is 0 Å². The number of amides is 2. The normalized spacial score (nSPS) is 19.8. The molecule has 2 N–H and O–H groups in total. The Morgan fingerprint density at radius 2 is 2.03 bits per heavy atom. The summed E-state index contributed by atoms with van der Waals surface area (Å²) in [6.45, 7) is 4.89. The van der Waals surface area contributed by atoms with Crippen LogP contribution in [-0.4, -0.2) is 77.6 Å². The Hall–Kier alpha value is -2.97. The Morgan fingerprint density at radius 3 is 2.68 bits per heavy atom. The maximum absolute atomic E-state index is 13.4. The van der Waals surface area contributed by atoms with Gasteiger partial charge in [0.05, 0.1) is 18.2 Å². The fraction of sp³-hybridized carbons (Fsp3) is 0.435. The maximum Gasteiger partial charge on any atom is 0.258 e. The quantitative estimate of drug-likeness (QED) is 0.735. The summed E-state index contributed by atoms with van der Waals surface area (Å²) in [7, 11) is 3.96. The van der Waals surface area contributed by atoms with Crippen LogP contribution in [0.25, 0.3) is 0 Å². The molecular formula is C23H30N4O4. The number of aliphatic hydroxyl groups is 1. The zero-order valence-corrected chi connectivity index (χ0v) is 18.4. The summed E-state index contributed by atoms with van der Waals surface area (Å²) >= 11 is 0. The molecule has 0 saturated carbocycles. The molecule has 8 heteroatoms. The number of ether oxygens (including phenoxy) is 1. The van der Waals surface area contributed by atoms with Gasteiger partial charge in [-0.05, 0) is 51.4 Å². The SMILES string of the molecule is C[C@H](CO)N1C[C@H](C)[C@@H](CN(C)C)Oc2ccc(NC(=O)c3ccncc3)cc2C1=O. The molecule has 8 nitrogen and oxygen atoms in total. The summed E-state index contributed by atoms with van der Waals surface area (Å²) in [6, 6.07) is 7.99. The molecule has 2 amide bonds. The van der Waals surface area contributed by atoms with Gasteiger partial charge in [-0.3, -0.25) is 14.6 Å². The van der Waals surface area contributed by atoms with E-state index in [1.54, 1.807) is 47.6 Å². The topological polar surface area (TPSA) is 95.0 Å². The smallest absolute Gasteiger partial charge is 0.258 e. The minimum absolute atomic E-state index is 0.0690. The summed E-state index contributed by atoms with van der Waals surface area (Å²) in [5.74, 6) is 0.0213. The van der Waals surface area contributed by atoms with Crippen molar-refractivity contribution in [3.63, 3.8) is 0 Å². The van der Waals surface area contributed by atoms with Crippen LogP contribution in [0, 0.1) is 5.92 Å². The molecule has 0 spiro atoms. The Bertz CT molecular complexity index is 919. The third kappa shape index (κ3) is 5.39. The Morgan fingerprint density at radius 1 is 1.32 bits per heavy atom. The second-order valence-electron chi connectivity index (χ2n) is 8.29. The number of likely N-dealkylation sites (N-methyl/N-ethyl adjacent to an activating group) is 1. The van der Waals surface area contributed by atoms with Gasteiger partial charge in [-0.2, -0.15) is 0 Å². The van der Waals surface area contributed by atoms with Crippen LogP contribution < -0.4 is 10.1 Å². The van der Waals surface area contributed by atoms with Crippen LogP contribution in [0.5, 0.6) is 5.75 Å². The zero-order chi connectivity index (χ0) is 22.5. The third-order valence-corrected chi connectivity index (χ3v) is 5.41. The van der Waals surface area contributed by atoms with Gasteiger partial charge in [-0.25, -0.2) is 0 Å². The number of carbonyl (C=O) groups excluding carboxylic acids is 2. The van der Waals surface area contributed by atoms with Gasteiger partial charge in [-0.1, -0.05) is 6.92 Å². The summed E-state index contributed by atoms with van der Waals surface area (Å²) in [5, 5.41) is 12.5. The predicted molar refractivity (Wildman–Crippen MR) is 118 cm³/mol. The van der Waals surface area contributed by atoms with Crippen molar-refractivity contribution in [2.45, 2.75) is 26.0 Å². The van der Waals surface area contributed by atoms with Gasteiger partial charge in [0.2, 0.25) is 0 Å². The molecule has 1 aliphatic rings. The number of carbonyl (C=O) groups is 2. The van der Waals surface area contributed by atoms with Crippen LogP contribution in [0.2, 0.25) is 0 Å². The summed E-state index contributed by atoms with van der Waals surface area (Å²) in [4.78, 5) is 33.5. The number of fused-ring (bicyclic) bond motifs is 1. The van der Waals surface area contributed by atoms with Gasteiger partial charge in [0, 0.05) is 42.7 Å². The molecule has 0 saturated heterocycles. The molecule has 0 unspecified atom stereocenters. The lowest BCUT2D eigenvalue weighted by atomic mass is 9.99.